The molecule has 2 nitrogen and oxygen atoms in total. The third-order valence-electron chi connectivity index (χ3n) is 3.36. The zero-order valence-corrected chi connectivity index (χ0v) is 11.0. The van der Waals surface area contributed by atoms with Crippen LogP contribution in [0.2, 0.25) is 0 Å². The van der Waals surface area contributed by atoms with E-state index in [2.05, 4.69) is 37.5 Å². The molecule has 0 bridgehead atoms. The van der Waals surface area contributed by atoms with Gasteiger partial charge in [-0.1, -0.05) is 34.1 Å². The summed E-state index contributed by atoms with van der Waals surface area (Å²) in [6.45, 7) is 16.9. The smallest absolute Gasteiger partial charge is 0.0110 e. The minimum Gasteiger partial charge on any atom is -0.301 e. The maximum absolute atomic E-state index is 2.63. The maximum Gasteiger partial charge on any atom is 0.0110 e. The zero-order valence-electron chi connectivity index (χ0n) is 11.0. The van der Waals surface area contributed by atoms with E-state index in [-0.39, 0.29) is 0 Å². The molecule has 1 heterocycles. The Hall–Kier alpha value is -0.0800. The number of hydrogen-bond acceptors (Lipinski definition) is 2. The first-order chi connectivity index (χ1) is 7.11. The summed E-state index contributed by atoms with van der Waals surface area (Å²) in [5.74, 6) is 1.67. The Kier molecular flexibility index (Phi) is 5.62. The van der Waals surface area contributed by atoms with Crippen molar-refractivity contribution in [2.75, 3.05) is 39.3 Å². The van der Waals surface area contributed by atoms with E-state index in [0.717, 1.165) is 11.8 Å². The molecule has 1 aliphatic rings. The fourth-order valence-corrected chi connectivity index (χ4v) is 2.24. The van der Waals surface area contributed by atoms with Gasteiger partial charge in [0.05, 0.1) is 0 Å². The van der Waals surface area contributed by atoms with Crippen LogP contribution in [0, 0.1) is 11.8 Å². The average molecular weight is 212 g/mol. The topological polar surface area (TPSA) is 6.48 Å². The van der Waals surface area contributed by atoms with Gasteiger partial charge in [0, 0.05) is 39.3 Å². The molecule has 1 fully saturated rings. The number of nitrogens with zero attached hydrogens (tertiary/aromatic N) is 2. The van der Waals surface area contributed by atoms with Gasteiger partial charge in [0.15, 0.2) is 0 Å². The van der Waals surface area contributed by atoms with E-state index in [4.69, 9.17) is 0 Å². The Labute approximate surface area is 95.6 Å². The predicted molar refractivity (Wildman–Crippen MR) is 67.2 cm³/mol. The van der Waals surface area contributed by atoms with Crippen molar-refractivity contribution in [2.24, 2.45) is 11.8 Å². The fourth-order valence-electron chi connectivity index (χ4n) is 2.24. The first-order valence-electron chi connectivity index (χ1n) is 6.56. The van der Waals surface area contributed by atoms with E-state index < -0.39 is 0 Å². The molecule has 1 unspecified atom stereocenters. The second-order valence-corrected chi connectivity index (χ2v) is 5.51. The van der Waals surface area contributed by atoms with Crippen molar-refractivity contribution in [1.82, 2.24) is 9.80 Å². The lowest BCUT2D eigenvalue weighted by Crippen LogP contribution is -2.48. The Morgan fingerprint density at radius 3 is 1.73 bits per heavy atom. The molecule has 1 atom stereocenters. The Morgan fingerprint density at radius 2 is 1.33 bits per heavy atom. The van der Waals surface area contributed by atoms with Crippen molar-refractivity contribution in [2.45, 2.75) is 34.1 Å². The third-order valence-corrected chi connectivity index (χ3v) is 3.36. The number of piperazine rings is 1. The first-order valence-corrected chi connectivity index (χ1v) is 6.56. The molecule has 1 rings (SSSR count). The molecule has 0 radical (unpaired) electrons. The SMILES string of the molecule is CCC(C)CN1CCN(CC(C)C)CC1. The molecule has 0 N–H and O–H groups in total. The minimum atomic E-state index is 0.811. The predicted octanol–water partition coefficient (Wildman–Crippen LogP) is 2.31. The summed E-state index contributed by atoms with van der Waals surface area (Å²) in [5.41, 5.74) is 0. The molecular weight excluding hydrogens is 184 g/mol. The minimum absolute atomic E-state index is 0.811. The normalized spacial score (nSPS) is 22.2. The van der Waals surface area contributed by atoms with Gasteiger partial charge in [-0.3, -0.25) is 0 Å². The van der Waals surface area contributed by atoms with Crippen LogP contribution >= 0.6 is 0 Å². The molecular formula is C13H28N2. The standard InChI is InChI=1S/C13H28N2/c1-5-13(4)11-15-8-6-14(7-9-15)10-12(2)3/h12-13H,5-11H2,1-4H3. The van der Waals surface area contributed by atoms with Gasteiger partial charge < -0.3 is 9.80 Å². The molecule has 0 aromatic carbocycles. The van der Waals surface area contributed by atoms with Gasteiger partial charge in [-0.25, -0.2) is 0 Å². The van der Waals surface area contributed by atoms with Crippen LogP contribution in [0.15, 0.2) is 0 Å². The van der Waals surface area contributed by atoms with Crippen LogP contribution in [-0.2, 0) is 0 Å². The van der Waals surface area contributed by atoms with Crippen LogP contribution in [0.1, 0.15) is 34.1 Å². The van der Waals surface area contributed by atoms with Gasteiger partial charge in [0.25, 0.3) is 0 Å². The fraction of sp³-hybridized carbons (Fsp3) is 1.00. The highest BCUT2D eigenvalue weighted by atomic mass is 15.3. The van der Waals surface area contributed by atoms with E-state index in [0.29, 0.717) is 0 Å². The lowest BCUT2D eigenvalue weighted by molar-refractivity contribution is 0.111. The van der Waals surface area contributed by atoms with Gasteiger partial charge in [-0.05, 0) is 11.8 Å². The molecule has 0 aromatic rings. The summed E-state index contributed by atoms with van der Waals surface area (Å²) in [7, 11) is 0. The number of rotatable bonds is 5. The second-order valence-electron chi connectivity index (χ2n) is 5.51. The van der Waals surface area contributed by atoms with E-state index in [1.165, 1.54) is 45.7 Å². The van der Waals surface area contributed by atoms with Gasteiger partial charge in [-0.2, -0.15) is 0 Å². The largest absolute Gasteiger partial charge is 0.301 e. The summed E-state index contributed by atoms with van der Waals surface area (Å²) in [5, 5.41) is 0. The zero-order chi connectivity index (χ0) is 11.3. The Bertz CT molecular complexity index is 160. The second kappa shape index (κ2) is 6.49. The molecule has 90 valence electrons. The maximum atomic E-state index is 2.63. The lowest BCUT2D eigenvalue weighted by Gasteiger charge is -2.36. The number of hydrogen-bond donors (Lipinski definition) is 0. The van der Waals surface area contributed by atoms with Crippen LogP contribution in [0.25, 0.3) is 0 Å². The molecule has 0 saturated carbocycles. The van der Waals surface area contributed by atoms with Gasteiger partial charge in [0.1, 0.15) is 0 Å². The van der Waals surface area contributed by atoms with Crippen LogP contribution in [-0.4, -0.2) is 49.1 Å². The van der Waals surface area contributed by atoms with Crippen molar-refractivity contribution < 1.29 is 0 Å². The molecule has 0 aromatic heterocycles. The van der Waals surface area contributed by atoms with E-state index in [1.807, 2.05) is 0 Å². The highest BCUT2D eigenvalue weighted by molar-refractivity contribution is 4.73. The molecule has 1 aliphatic heterocycles. The molecule has 0 spiro atoms. The van der Waals surface area contributed by atoms with Crippen molar-refractivity contribution in [3.8, 4) is 0 Å². The Balaban J connectivity index is 2.18. The van der Waals surface area contributed by atoms with Crippen molar-refractivity contribution in [3.05, 3.63) is 0 Å². The third kappa shape index (κ3) is 4.98. The van der Waals surface area contributed by atoms with Gasteiger partial charge >= 0.3 is 0 Å². The highest BCUT2D eigenvalue weighted by Crippen LogP contribution is 2.09. The molecule has 15 heavy (non-hydrogen) atoms. The van der Waals surface area contributed by atoms with Crippen molar-refractivity contribution >= 4 is 0 Å². The lowest BCUT2D eigenvalue weighted by atomic mass is 10.1. The summed E-state index contributed by atoms with van der Waals surface area (Å²) >= 11 is 0. The van der Waals surface area contributed by atoms with Crippen LogP contribution in [0.4, 0.5) is 0 Å². The monoisotopic (exact) mass is 212 g/mol. The summed E-state index contributed by atoms with van der Waals surface area (Å²) in [6.07, 6.45) is 1.31. The quantitative estimate of drug-likeness (QED) is 0.690. The molecule has 1 saturated heterocycles. The van der Waals surface area contributed by atoms with Gasteiger partial charge in [0.2, 0.25) is 0 Å². The highest BCUT2D eigenvalue weighted by Gasteiger charge is 2.18. The molecule has 0 amide bonds. The van der Waals surface area contributed by atoms with E-state index >= 15 is 0 Å². The average Bonchev–Trinajstić information content (AvgIpc) is 2.20. The Morgan fingerprint density at radius 1 is 0.867 bits per heavy atom. The van der Waals surface area contributed by atoms with Crippen LogP contribution in [0.5, 0.6) is 0 Å². The summed E-state index contributed by atoms with van der Waals surface area (Å²) in [4.78, 5) is 5.24. The first kappa shape index (κ1) is 13.0. The van der Waals surface area contributed by atoms with Gasteiger partial charge in [-0.15, -0.1) is 0 Å². The van der Waals surface area contributed by atoms with Crippen molar-refractivity contribution in [1.29, 1.82) is 0 Å². The van der Waals surface area contributed by atoms with E-state index in [1.54, 1.807) is 0 Å². The summed E-state index contributed by atoms with van der Waals surface area (Å²) in [6, 6.07) is 0. The van der Waals surface area contributed by atoms with E-state index in [9.17, 15) is 0 Å². The summed E-state index contributed by atoms with van der Waals surface area (Å²) < 4.78 is 0. The molecule has 0 aliphatic carbocycles. The van der Waals surface area contributed by atoms with Crippen molar-refractivity contribution in [3.63, 3.8) is 0 Å². The van der Waals surface area contributed by atoms with Crippen LogP contribution < -0.4 is 0 Å². The van der Waals surface area contributed by atoms with Crippen LogP contribution in [0.3, 0.4) is 0 Å². The molecule has 2 heteroatoms.